The summed E-state index contributed by atoms with van der Waals surface area (Å²) in [5.41, 5.74) is 1.76. The molecule has 0 fully saturated rings. The molecule has 0 spiro atoms. The van der Waals surface area contributed by atoms with Gasteiger partial charge in [-0.2, -0.15) is 5.10 Å². The molecule has 0 unspecified atom stereocenters. The Labute approximate surface area is 111 Å². The summed E-state index contributed by atoms with van der Waals surface area (Å²) in [5.74, 6) is 0.936. The largest absolute Gasteiger partial charge is 0.497 e. The second kappa shape index (κ2) is 5.14. The molecular formula is C14H16N2O3. The third kappa shape index (κ3) is 2.45. The van der Waals surface area contributed by atoms with Crippen LogP contribution in [-0.4, -0.2) is 29.8 Å². The fourth-order valence-corrected chi connectivity index (χ4v) is 1.80. The Morgan fingerprint density at radius 1 is 1.21 bits per heavy atom. The van der Waals surface area contributed by atoms with Gasteiger partial charge in [-0.25, -0.2) is 0 Å². The lowest BCUT2D eigenvalue weighted by Gasteiger charge is -2.08. The monoisotopic (exact) mass is 260 g/mol. The van der Waals surface area contributed by atoms with Gasteiger partial charge in [-0.15, -0.1) is 0 Å². The van der Waals surface area contributed by atoms with Gasteiger partial charge in [0.25, 0.3) is 0 Å². The Balaban J connectivity index is 2.47. The van der Waals surface area contributed by atoms with E-state index in [1.807, 2.05) is 6.92 Å². The van der Waals surface area contributed by atoms with E-state index in [0.29, 0.717) is 22.8 Å². The first-order valence-corrected chi connectivity index (χ1v) is 5.84. The van der Waals surface area contributed by atoms with Crippen molar-refractivity contribution >= 4 is 5.78 Å². The number of ether oxygens (including phenoxy) is 2. The Morgan fingerprint density at radius 3 is 2.47 bits per heavy atom. The van der Waals surface area contributed by atoms with Crippen molar-refractivity contribution in [3.63, 3.8) is 0 Å². The molecule has 1 aromatic heterocycles. The molecule has 0 radical (unpaired) electrons. The van der Waals surface area contributed by atoms with Crippen molar-refractivity contribution in [1.82, 2.24) is 9.78 Å². The summed E-state index contributed by atoms with van der Waals surface area (Å²) < 4.78 is 12.0. The summed E-state index contributed by atoms with van der Waals surface area (Å²) in [5, 5.41) is 4.19. The van der Waals surface area contributed by atoms with Crippen molar-refractivity contribution < 1.29 is 14.3 Å². The molecule has 0 saturated heterocycles. The van der Waals surface area contributed by atoms with Crippen LogP contribution in [0.25, 0.3) is 0 Å². The zero-order chi connectivity index (χ0) is 14.0. The van der Waals surface area contributed by atoms with Gasteiger partial charge in [0.15, 0.2) is 0 Å². The molecule has 5 heteroatoms. The smallest absolute Gasteiger partial charge is 0.217 e. The maximum absolute atomic E-state index is 12.4. The first-order chi connectivity index (χ1) is 9.06. The van der Waals surface area contributed by atoms with Crippen LogP contribution in [0.4, 0.5) is 0 Å². The van der Waals surface area contributed by atoms with Gasteiger partial charge in [0, 0.05) is 12.7 Å². The standard InChI is InChI=1S/C14H16N2O3/c1-9-7-12(15-16(9)2)14(17)11-8-10(18-3)5-6-13(11)19-4/h5-8H,1-4H3. The Bertz CT molecular complexity index is 598. The van der Waals surface area contributed by atoms with Gasteiger partial charge in [0.1, 0.15) is 17.2 Å². The van der Waals surface area contributed by atoms with Crippen LogP contribution in [0, 0.1) is 6.92 Å². The fourth-order valence-electron chi connectivity index (χ4n) is 1.80. The van der Waals surface area contributed by atoms with Crippen molar-refractivity contribution in [2.24, 2.45) is 7.05 Å². The van der Waals surface area contributed by atoms with E-state index in [9.17, 15) is 4.79 Å². The zero-order valence-corrected chi connectivity index (χ0v) is 11.4. The topological polar surface area (TPSA) is 53.4 Å². The molecular weight excluding hydrogens is 244 g/mol. The molecule has 0 N–H and O–H groups in total. The van der Waals surface area contributed by atoms with Crippen LogP contribution in [0.2, 0.25) is 0 Å². The summed E-state index contributed by atoms with van der Waals surface area (Å²) in [7, 11) is 4.89. The predicted molar refractivity (Wildman–Crippen MR) is 70.9 cm³/mol. The van der Waals surface area contributed by atoms with Gasteiger partial charge in [-0.1, -0.05) is 0 Å². The number of rotatable bonds is 4. The Kier molecular flexibility index (Phi) is 3.55. The molecule has 2 rings (SSSR count). The maximum atomic E-state index is 12.4. The highest BCUT2D eigenvalue weighted by Crippen LogP contribution is 2.26. The molecule has 0 bridgehead atoms. The summed E-state index contributed by atoms with van der Waals surface area (Å²) >= 11 is 0. The number of hydrogen-bond donors (Lipinski definition) is 0. The first kappa shape index (κ1) is 13.1. The number of aromatic nitrogens is 2. The number of hydrogen-bond acceptors (Lipinski definition) is 4. The highest BCUT2D eigenvalue weighted by Gasteiger charge is 2.18. The minimum absolute atomic E-state index is 0.181. The van der Waals surface area contributed by atoms with Crippen LogP contribution < -0.4 is 9.47 Å². The van der Waals surface area contributed by atoms with Crippen LogP contribution >= 0.6 is 0 Å². The number of aryl methyl sites for hydroxylation is 2. The van der Waals surface area contributed by atoms with E-state index in [1.54, 1.807) is 43.1 Å². The van der Waals surface area contributed by atoms with Crippen molar-refractivity contribution in [1.29, 1.82) is 0 Å². The van der Waals surface area contributed by atoms with Crippen LogP contribution in [0.15, 0.2) is 24.3 Å². The maximum Gasteiger partial charge on any atom is 0.217 e. The molecule has 100 valence electrons. The van der Waals surface area contributed by atoms with E-state index in [0.717, 1.165) is 5.69 Å². The van der Waals surface area contributed by atoms with Crippen molar-refractivity contribution in [3.8, 4) is 11.5 Å². The molecule has 1 heterocycles. The van der Waals surface area contributed by atoms with E-state index in [-0.39, 0.29) is 5.78 Å². The summed E-state index contributed by atoms with van der Waals surface area (Å²) in [6.07, 6.45) is 0. The number of carbonyl (C=O) groups is 1. The van der Waals surface area contributed by atoms with Gasteiger partial charge in [-0.05, 0) is 31.2 Å². The predicted octanol–water partition coefficient (Wildman–Crippen LogP) is 1.98. The van der Waals surface area contributed by atoms with Gasteiger partial charge in [0.2, 0.25) is 5.78 Å². The molecule has 0 aliphatic carbocycles. The number of nitrogens with zero attached hydrogens (tertiary/aromatic N) is 2. The lowest BCUT2D eigenvalue weighted by atomic mass is 10.1. The number of methoxy groups -OCH3 is 2. The molecule has 2 aromatic rings. The van der Waals surface area contributed by atoms with Crippen LogP contribution in [0.3, 0.4) is 0 Å². The zero-order valence-electron chi connectivity index (χ0n) is 11.4. The molecule has 0 saturated carbocycles. The highest BCUT2D eigenvalue weighted by molar-refractivity contribution is 6.09. The van der Waals surface area contributed by atoms with E-state index in [2.05, 4.69) is 5.10 Å². The van der Waals surface area contributed by atoms with Crippen molar-refractivity contribution in [2.45, 2.75) is 6.92 Å². The minimum Gasteiger partial charge on any atom is -0.497 e. The first-order valence-electron chi connectivity index (χ1n) is 5.84. The Hall–Kier alpha value is -2.30. The van der Waals surface area contributed by atoms with E-state index in [1.165, 1.54) is 7.11 Å². The van der Waals surface area contributed by atoms with Crippen molar-refractivity contribution in [3.05, 3.63) is 41.2 Å². The molecule has 0 aliphatic heterocycles. The molecule has 5 nitrogen and oxygen atoms in total. The quantitative estimate of drug-likeness (QED) is 0.789. The van der Waals surface area contributed by atoms with E-state index >= 15 is 0 Å². The molecule has 0 aliphatic rings. The fraction of sp³-hybridized carbons (Fsp3) is 0.286. The van der Waals surface area contributed by atoms with Crippen LogP contribution in [0.1, 0.15) is 21.7 Å². The molecule has 0 amide bonds. The number of benzene rings is 1. The normalized spacial score (nSPS) is 10.3. The average molecular weight is 260 g/mol. The van der Waals surface area contributed by atoms with E-state index < -0.39 is 0 Å². The summed E-state index contributed by atoms with van der Waals surface area (Å²) in [6.45, 7) is 1.90. The number of carbonyl (C=O) groups excluding carboxylic acids is 1. The second-order valence-corrected chi connectivity index (χ2v) is 4.19. The minimum atomic E-state index is -0.181. The third-order valence-corrected chi connectivity index (χ3v) is 3.00. The third-order valence-electron chi connectivity index (χ3n) is 3.00. The van der Waals surface area contributed by atoms with Gasteiger partial charge >= 0.3 is 0 Å². The summed E-state index contributed by atoms with van der Waals surface area (Å²) in [6, 6.07) is 6.87. The van der Waals surface area contributed by atoms with Crippen LogP contribution in [0.5, 0.6) is 11.5 Å². The van der Waals surface area contributed by atoms with E-state index in [4.69, 9.17) is 9.47 Å². The Morgan fingerprint density at radius 2 is 1.95 bits per heavy atom. The summed E-state index contributed by atoms with van der Waals surface area (Å²) in [4.78, 5) is 12.4. The van der Waals surface area contributed by atoms with Crippen LogP contribution in [-0.2, 0) is 7.05 Å². The van der Waals surface area contributed by atoms with Gasteiger partial charge < -0.3 is 9.47 Å². The van der Waals surface area contributed by atoms with Gasteiger partial charge in [-0.3, -0.25) is 9.48 Å². The molecule has 19 heavy (non-hydrogen) atoms. The molecule has 0 atom stereocenters. The second-order valence-electron chi connectivity index (χ2n) is 4.19. The lowest BCUT2D eigenvalue weighted by molar-refractivity contribution is 0.103. The highest BCUT2D eigenvalue weighted by atomic mass is 16.5. The average Bonchev–Trinajstić information content (AvgIpc) is 2.77. The van der Waals surface area contributed by atoms with Gasteiger partial charge in [0.05, 0.1) is 19.8 Å². The SMILES string of the molecule is COc1ccc(OC)c(C(=O)c2cc(C)n(C)n2)c1. The van der Waals surface area contributed by atoms with Crippen molar-refractivity contribution in [2.75, 3.05) is 14.2 Å². The number of ketones is 1. The molecule has 1 aromatic carbocycles. The lowest BCUT2D eigenvalue weighted by Crippen LogP contribution is -2.06.